The first-order valence-corrected chi connectivity index (χ1v) is 10.5. The van der Waals surface area contributed by atoms with Gasteiger partial charge in [0.15, 0.2) is 5.38 Å². The van der Waals surface area contributed by atoms with Crippen LogP contribution in [0.25, 0.3) is 0 Å². The first kappa shape index (κ1) is 21.1. The fraction of sp³-hybridized carbons (Fsp3) is 0.765. The molecule has 4 nitrogen and oxygen atoms in total. The highest BCUT2D eigenvalue weighted by Crippen LogP contribution is 2.29. The topological polar surface area (TPSA) is 36.9 Å². The monoisotopic (exact) mass is 330 g/mol. The fourth-order valence-electron chi connectivity index (χ4n) is 2.63. The van der Waals surface area contributed by atoms with Gasteiger partial charge < -0.3 is 18.6 Å². The van der Waals surface area contributed by atoms with Gasteiger partial charge in [-0.25, -0.2) is 0 Å². The van der Waals surface area contributed by atoms with E-state index >= 15 is 0 Å². The van der Waals surface area contributed by atoms with E-state index in [1.54, 1.807) is 21.3 Å². The molecule has 0 aromatic carbocycles. The van der Waals surface area contributed by atoms with Crippen molar-refractivity contribution in [1.29, 1.82) is 0 Å². The summed E-state index contributed by atoms with van der Waals surface area (Å²) in [5, 5.41) is 0.683. The second-order valence-electron chi connectivity index (χ2n) is 5.27. The van der Waals surface area contributed by atoms with Crippen molar-refractivity contribution in [3.63, 3.8) is 0 Å². The fourth-order valence-corrected chi connectivity index (χ4v) is 5.82. The summed E-state index contributed by atoms with van der Waals surface area (Å²) in [7, 11) is 2.40. The van der Waals surface area contributed by atoms with Gasteiger partial charge >= 0.3 is 5.95 Å². The summed E-state index contributed by atoms with van der Waals surface area (Å²) in [6.45, 7) is 8.87. The van der Waals surface area contributed by atoms with Crippen LogP contribution in [-0.2, 0) is 18.6 Å². The first-order valence-electron chi connectivity index (χ1n) is 8.29. The Hall–Kier alpha value is -0.943. The molecule has 0 aromatic rings. The third kappa shape index (κ3) is 6.44. The number of methoxy groups -OCH3 is 3. The summed E-state index contributed by atoms with van der Waals surface area (Å²) in [5.41, 5.74) is 1.93. The van der Waals surface area contributed by atoms with Gasteiger partial charge in [-0.2, -0.15) is 0 Å². The Labute approximate surface area is 137 Å². The van der Waals surface area contributed by atoms with E-state index in [4.69, 9.17) is 18.6 Å². The minimum atomic E-state index is -2.40. The zero-order valence-electron chi connectivity index (χ0n) is 15.1. The molecule has 0 amide bonds. The predicted octanol–water partition coefficient (Wildman–Crippen LogP) is 4.70. The summed E-state index contributed by atoms with van der Waals surface area (Å²) in [5.74, 6) is 0.397. The summed E-state index contributed by atoms with van der Waals surface area (Å²) in [6, 6.07) is 0.940. The maximum absolute atomic E-state index is 6.12. The van der Waals surface area contributed by atoms with Crippen molar-refractivity contribution >= 4 is 8.32 Å². The average molecular weight is 331 g/mol. The van der Waals surface area contributed by atoms with Crippen molar-refractivity contribution in [2.45, 2.75) is 58.4 Å². The van der Waals surface area contributed by atoms with E-state index in [2.05, 4.69) is 13.5 Å². The molecule has 0 spiro atoms. The van der Waals surface area contributed by atoms with Gasteiger partial charge in [-0.3, -0.25) is 0 Å². The van der Waals surface area contributed by atoms with Gasteiger partial charge in [-0.05, 0) is 13.0 Å². The highest BCUT2D eigenvalue weighted by molar-refractivity contribution is 6.84. The molecule has 0 N–H and O–H groups in total. The van der Waals surface area contributed by atoms with E-state index in [0.29, 0.717) is 17.9 Å². The lowest BCUT2D eigenvalue weighted by Gasteiger charge is -2.29. The zero-order chi connectivity index (χ0) is 16.8. The Kier molecular flexibility index (Phi) is 12.0. The van der Waals surface area contributed by atoms with Gasteiger partial charge in [0.25, 0.3) is 8.32 Å². The van der Waals surface area contributed by atoms with Gasteiger partial charge in [-0.1, -0.05) is 51.1 Å². The molecule has 0 rings (SSSR count). The largest absolute Gasteiger partial charge is 0.496 e. The molecular weight excluding hydrogens is 296 g/mol. The van der Waals surface area contributed by atoms with Gasteiger partial charge in [0.05, 0.1) is 21.3 Å². The molecule has 0 heterocycles. The maximum atomic E-state index is 6.12. The van der Waals surface area contributed by atoms with Crippen molar-refractivity contribution in [3.05, 3.63) is 23.6 Å². The minimum Gasteiger partial charge on any atom is -0.496 e. The highest BCUT2D eigenvalue weighted by Gasteiger charge is 2.41. The van der Waals surface area contributed by atoms with Crippen LogP contribution >= 0.6 is 0 Å². The van der Waals surface area contributed by atoms with Crippen LogP contribution in [0.5, 0.6) is 0 Å². The molecule has 5 heteroatoms. The third-order valence-corrected chi connectivity index (χ3v) is 7.51. The third-order valence-electron chi connectivity index (χ3n) is 3.78. The summed E-state index contributed by atoms with van der Waals surface area (Å²) < 4.78 is 22.3. The van der Waals surface area contributed by atoms with Crippen LogP contribution in [0.15, 0.2) is 23.6 Å². The molecule has 0 aromatic heterocycles. The Morgan fingerprint density at radius 2 is 1.50 bits per heavy atom. The molecule has 0 aliphatic heterocycles. The molecule has 0 aliphatic carbocycles. The number of ether oxygens (including phenoxy) is 3. The van der Waals surface area contributed by atoms with Gasteiger partial charge in [-0.15, -0.1) is 6.58 Å². The van der Waals surface area contributed by atoms with Crippen molar-refractivity contribution in [3.8, 4) is 0 Å². The number of hydrogen-bond donors (Lipinski definition) is 0. The Balaban J connectivity index is 4.97. The molecular formula is C17H34O4Si. The molecule has 0 fully saturated rings. The molecule has 0 saturated heterocycles. The zero-order valence-corrected chi connectivity index (χ0v) is 16.1. The second-order valence-corrected chi connectivity index (χ2v) is 8.70. The molecule has 0 bridgehead atoms. The molecule has 0 radical (unpaired) electrons. The van der Waals surface area contributed by atoms with Crippen molar-refractivity contribution in [1.82, 2.24) is 0 Å². The highest BCUT2D eigenvalue weighted by atomic mass is 28.4. The van der Waals surface area contributed by atoms with Crippen molar-refractivity contribution in [2.75, 3.05) is 27.9 Å². The van der Waals surface area contributed by atoms with Gasteiger partial charge in [0, 0.05) is 6.61 Å². The smallest absolute Gasteiger partial charge is 0.316 e. The minimum absolute atomic E-state index is 0.397. The number of hydrogen-bond acceptors (Lipinski definition) is 4. The van der Waals surface area contributed by atoms with Crippen molar-refractivity contribution < 1.29 is 18.6 Å². The molecule has 22 heavy (non-hydrogen) atoms. The van der Waals surface area contributed by atoms with Gasteiger partial charge in [0.1, 0.15) is 0 Å². The molecule has 1 atom stereocenters. The lowest BCUT2D eigenvalue weighted by atomic mass is 10.1. The van der Waals surface area contributed by atoms with Crippen LogP contribution < -0.4 is 0 Å². The van der Waals surface area contributed by atoms with E-state index in [1.165, 1.54) is 32.1 Å². The lowest BCUT2D eigenvalue weighted by molar-refractivity contribution is 0.0722. The molecule has 0 saturated carbocycles. The lowest BCUT2D eigenvalue weighted by Crippen LogP contribution is -2.41. The summed E-state index contributed by atoms with van der Waals surface area (Å²) >= 11 is 0. The SMILES string of the molecule is C=C[Si](CCCCCCCC)(OCC)C(OC)=C(OC)OC. The van der Waals surface area contributed by atoms with Crippen LogP contribution in [0.3, 0.4) is 0 Å². The predicted molar refractivity (Wildman–Crippen MR) is 93.8 cm³/mol. The number of unbranched alkanes of at least 4 members (excludes halogenated alkanes) is 5. The second kappa shape index (κ2) is 12.6. The Morgan fingerprint density at radius 3 is 1.95 bits per heavy atom. The van der Waals surface area contributed by atoms with E-state index in [-0.39, 0.29) is 0 Å². The van der Waals surface area contributed by atoms with E-state index in [9.17, 15) is 0 Å². The van der Waals surface area contributed by atoms with Crippen molar-refractivity contribution in [2.24, 2.45) is 0 Å². The maximum Gasteiger partial charge on any atom is 0.316 e. The summed E-state index contributed by atoms with van der Waals surface area (Å²) in [6.07, 6.45) is 7.48. The molecule has 1 unspecified atom stereocenters. The van der Waals surface area contributed by atoms with Gasteiger partial charge in [0.2, 0.25) is 0 Å². The average Bonchev–Trinajstić information content (AvgIpc) is 2.54. The van der Waals surface area contributed by atoms with E-state index < -0.39 is 8.32 Å². The van der Waals surface area contributed by atoms with Crippen LogP contribution in [0.2, 0.25) is 6.04 Å². The Morgan fingerprint density at radius 1 is 0.909 bits per heavy atom. The molecule has 130 valence electrons. The standard InChI is InChI=1S/C17H34O4Si/c1-7-10-11-12-13-14-15-22(9-3,21-8-2)17(20-6)16(18-4)19-5/h9H,3,7-8,10-15H2,1-2,4-6H3. The number of rotatable bonds is 14. The Bertz CT molecular complexity index is 325. The molecule has 0 aliphatic rings. The van der Waals surface area contributed by atoms with Crippen LogP contribution in [0.1, 0.15) is 52.4 Å². The quantitative estimate of drug-likeness (QED) is 0.263. The van der Waals surface area contributed by atoms with Crippen LogP contribution in [0, 0.1) is 0 Å². The normalized spacial score (nSPS) is 13.1. The van der Waals surface area contributed by atoms with Crippen LogP contribution in [-0.4, -0.2) is 36.3 Å². The summed E-state index contributed by atoms with van der Waals surface area (Å²) in [4.78, 5) is 0. The van der Waals surface area contributed by atoms with Crippen LogP contribution in [0.4, 0.5) is 0 Å². The van der Waals surface area contributed by atoms with E-state index in [0.717, 1.165) is 12.5 Å². The van der Waals surface area contributed by atoms with E-state index in [1.807, 2.05) is 12.6 Å². The first-order chi connectivity index (χ1) is 10.7.